The second-order valence-electron chi connectivity index (χ2n) is 7.06. The summed E-state index contributed by atoms with van der Waals surface area (Å²) in [5, 5.41) is 0.637. The van der Waals surface area contributed by atoms with Crippen LogP contribution in [-0.2, 0) is 17.9 Å². The van der Waals surface area contributed by atoms with Gasteiger partial charge in [0.2, 0.25) is 0 Å². The number of ether oxygens (including phenoxy) is 3. The van der Waals surface area contributed by atoms with Crippen LogP contribution in [0.3, 0.4) is 0 Å². The van der Waals surface area contributed by atoms with Crippen molar-refractivity contribution < 1.29 is 18.6 Å². The minimum absolute atomic E-state index is 0.227. The molecule has 2 aromatic carbocycles. The number of halogens is 2. The van der Waals surface area contributed by atoms with E-state index in [-0.39, 0.29) is 12.6 Å². The summed E-state index contributed by atoms with van der Waals surface area (Å²) < 4.78 is 30.6. The van der Waals surface area contributed by atoms with Gasteiger partial charge in [0.05, 0.1) is 11.6 Å². The molecule has 28 heavy (non-hydrogen) atoms. The molecule has 2 aliphatic rings. The summed E-state index contributed by atoms with van der Waals surface area (Å²) in [6.45, 7) is 6.53. The van der Waals surface area contributed by atoms with Gasteiger partial charge >= 0.3 is 0 Å². The molecule has 2 aliphatic heterocycles. The van der Waals surface area contributed by atoms with E-state index in [0.717, 1.165) is 55.3 Å². The van der Waals surface area contributed by atoms with Crippen molar-refractivity contribution >= 4 is 11.6 Å². The van der Waals surface area contributed by atoms with Crippen molar-refractivity contribution in [1.82, 2.24) is 9.80 Å². The van der Waals surface area contributed by atoms with E-state index in [1.807, 2.05) is 24.3 Å². The average Bonchev–Trinajstić information content (AvgIpc) is 2.71. The van der Waals surface area contributed by atoms with Gasteiger partial charge in [-0.1, -0.05) is 23.7 Å². The summed E-state index contributed by atoms with van der Waals surface area (Å²) in [6.07, 6.45) is 0. The molecule has 2 aromatic rings. The molecule has 150 valence electrons. The van der Waals surface area contributed by atoms with Crippen LogP contribution in [0.5, 0.6) is 11.5 Å². The van der Waals surface area contributed by atoms with Gasteiger partial charge in [-0.2, -0.15) is 0 Å². The number of nitrogens with zero attached hydrogens (tertiary/aromatic N) is 2. The fraction of sp³-hybridized carbons (Fsp3) is 0.429. The predicted molar refractivity (Wildman–Crippen MR) is 105 cm³/mol. The van der Waals surface area contributed by atoms with E-state index in [0.29, 0.717) is 24.8 Å². The second-order valence-corrected chi connectivity index (χ2v) is 7.47. The van der Waals surface area contributed by atoms with Crippen LogP contribution in [0.15, 0.2) is 36.4 Å². The molecule has 1 fully saturated rings. The Labute approximate surface area is 169 Å². The monoisotopic (exact) mass is 406 g/mol. The van der Waals surface area contributed by atoms with Gasteiger partial charge in [-0.3, -0.25) is 9.80 Å². The number of rotatable bonds is 6. The largest absolute Gasteiger partial charge is 0.491 e. The van der Waals surface area contributed by atoms with Crippen LogP contribution in [0.25, 0.3) is 0 Å². The molecular weight excluding hydrogens is 383 g/mol. The zero-order chi connectivity index (χ0) is 19.3. The van der Waals surface area contributed by atoms with E-state index in [1.165, 1.54) is 6.07 Å². The minimum Gasteiger partial charge on any atom is -0.491 e. The predicted octanol–water partition coefficient (Wildman–Crippen LogP) is 3.54. The molecule has 0 radical (unpaired) electrons. The zero-order valence-electron chi connectivity index (χ0n) is 15.7. The molecule has 7 heteroatoms. The van der Waals surface area contributed by atoms with Crippen molar-refractivity contribution in [3.05, 3.63) is 58.4 Å². The lowest BCUT2D eigenvalue weighted by atomic mass is 10.1. The molecule has 0 aliphatic carbocycles. The van der Waals surface area contributed by atoms with E-state index in [1.54, 1.807) is 6.07 Å². The summed E-state index contributed by atoms with van der Waals surface area (Å²) in [6, 6.07) is 10.6. The smallest absolute Gasteiger partial charge is 0.189 e. The zero-order valence-corrected chi connectivity index (χ0v) is 16.5. The molecular formula is C21H24ClFN2O3. The van der Waals surface area contributed by atoms with Gasteiger partial charge in [-0.25, -0.2) is 4.39 Å². The Bertz CT molecular complexity index is 812. The third kappa shape index (κ3) is 4.75. The standard InChI is InChI=1S/C21H24ClFN2O3/c22-19-3-1-2-4-20(19)27-10-9-24-5-7-25(8-6-24)13-16-11-18(23)12-17-14-26-15-28-21(16)17/h1-4,11-12H,5-10,13-15H2. The molecule has 0 spiro atoms. The van der Waals surface area contributed by atoms with Crippen LogP contribution in [0, 0.1) is 5.82 Å². The van der Waals surface area contributed by atoms with Crippen molar-refractivity contribution in [2.45, 2.75) is 13.2 Å². The fourth-order valence-electron chi connectivity index (χ4n) is 3.63. The first-order valence-electron chi connectivity index (χ1n) is 9.53. The van der Waals surface area contributed by atoms with Gasteiger partial charge in [0, 0.05) is 50.4 Å². The number of hydrogen-bond donors (Lipinski definition) is 0. The molecule has 0 N–H and O–H groups in total. The molecule has 0 aromatic heterocycles. The maximum Gasteiger partial charge on any atom is 0.189 e. The first-order chi connectivity index (χ1) is 13.7. The van der Waals surface area contributed by atoms with E-state index >= 15 is 0 Å². The van der Waals surface area contributed by atoms with E-state index in [4.69, 9.17) is 25.8 Å². The highest BCUT2D eigenvalue weighted by Crippen LogP contribution is 2.30. The fourth-order valence-corrected chi connectivity index (χ4v) is 3.82. The van der Waals surface area contributed by atoms with Crippen LogP contribution < -0.4 is 9.47 Å². The molecule has 1 saturated heterocycles. The highest BCUT2D eigenvalue weighted by atomic mass is 35.5. The summed E-state index contributed by atoms with van der Waals surface area (Å²) in [5.74, 6) is 1.27. The van der Waals surface area contributed by atoms with Gasteiger partial charge in [0.25, 0.3) is 0 Å². The number of para-hydroxylation sites is 1. The lowest BCUT2D eigenvalue weighted by Crippen LogP contribution is -2.47. The third-order valence-corrected chi connectivity index (χ3v) is 5.42. The Morgan fingerprint density at radius 1 is 1.07 bits per heavy atom. The van der Waals surface area contributed by atoms with Crippen LogP contribution >= 0.6 is 11.6 Å². The van der Waals surface area contributed by atoms with E-state index in [2.05, 4.69) is 9.80 Å². The highest BCUT2D eigenvalue weighted by molar-refractivity contribution is 6.32. The maximum atomic E-state index is 13.9. The Morgan fingerprint density at radius 2 is 1.86 bits per heavy atom. The average molecular weight is 407 g/mol. The van der Waals surface area contributed by atoms with Crippen molar-refractivity contribution in [2.24, 2.45) is 0 Å². The van der Waals surface area contributed by atoms with E-state index < -0.39 is 0 Å². The summed E-state index contributed by atoms with van der Waals surface area (Å²) >= 11 is 6.11. The number of fused-ring (bicyclic) bond motifs is 1. The molecule has 0 amide bonds. The molecule has 2 heterocycles. The van der Waals surface area contributed by atoms with Gasteiger partial charge in [-0.15, -0.1) is 0 Å². The Morgan fingerprint density at radius 3 is 2.68 bits per heavy atom. The topological polar surface area (TPSA) is 34.2 Å². The maximum absolute atomic E-state index is 13.9. The summed E-state index contributed by atoms with van der Waals surface area (Å²) in [7, 11) is 0. The molecule has 4 rings (SSSR count). The number of hydrogen-bond acceptors (Lipinski definition) is 5. The summed E-state index contributed by atoms with van der Waals surface area (Å²) in [4.78, 5) is 4.71. The second kappa shape index (κ2) is 9.09. The first kappa shape index (κ1) is 19.5. The highest BCUT2D eigenvalue weighted by Gasteiger charge is 2.21. The molecule has 0 atom stereocenters. The van der Waals surface area contributed by atoms with Crippen LogP contribution in [0.1, 0.15) is 11.1 Å². The van der Waals surface area contributed by atoms with Crippen molar-refractivity contribution in [3.63, 3.8) is 0 Å². The molecule has 0 unspecified atom stereocenters. The summed E-state index contributed by atoms with van der Waals surface area (Å²) in [5.41, 5.74) is 1.69. The Balaban J connectivity index is 1.26. The number of benzene rings is 2. The minimum atomic E-state index is -0.238. The van der Waals surface area contributed by atoms with Crippen molar-refractivity contribution in [3.8, 4) is 11.5 Å². The van der Waals surface area contributed by atoms with Gasteiger partial charge in [0.1, 0.15) is 23.9 Å². The van der Waals surface area contributed by atoms with Crippen molar-refractivity contribution in [2.75, 3.05) is 46.1 Å². The normalized spacial score (nSPS) is 17.8. The van der Waals surface area contributed by atoms with E-state index in [9.17, 15) is 4.39 Å². The SMILES string of the molecule is Fc1cc2c(c(CN3CCN(CCOc4ccccc4Cl)CC3)c1)OCOC2. The quantitative estimate of drug-likeness (QED) is 0.733. The van der Waals surface area contributed by atoms with Crippen LogP contribution in [0.4, 0.5) is 4.39 Å². The molecule has 0 saturated carbocycles. The van der Waals surface area contributed by atoms with Gasteiger partial charge in [0.15, 0.2) is 6.79 Å². The Hall–Kier alpha value is -1.86. The lowest BCUT2D eigenvalue weighted by Gasteiger charge is -2.35. The third-order valence-electron chi connectivity index (χ3n) is 5.11. The lowest BCUT2D eigenvalue weighted by molar-refractivity contribution is -0.0179. The molecule has 0 bridgehead atoms. The Kier molecular flexibility index (Phi) is 6.32. The number of piperazine rings is 1. The first-order valence-corrected chi connectivity index (χ1v) is 9.91. The van der Waals surface area contributed by atoms with Gasteiger partial charge in [-0.05, 0) is 24.3 Å². The van der Waals surface area contributed by atoms with Crippen LogP contribution in [0.2, 0.25) is 5.02 Å². The molecule has 5 nitrogen and oxygen atoms in total. The van der Waals surface area contributed by atoms with Gasteiger partial charge < -0.3 is 14.2 Å². The van der Waals surface area contributed by atoms with Crippen molar-refractivity contribution in [1.29, 1.82) is 0 Å². The van der Waals surface area contributed by atoms with Crippen LogP contribution in [-0.4, -0.2) is 55.9 Å².